The van der Waals surface area contributed by atoms with E-state index >= 15 is 0 Å². The van der Waals surface area contributed by atoms with Gasteiger partial charge in [0.2, 0.25) is 0 Å². The SMILES string of the molecule is CC(N1CC#CCC1)[C@](O)(Cn1cncn1)c1ccc(F)cc1F. The van der Waals surface area contributed by atoms with Gasteiger partial charge in [0.05, 0.1) is 13.1 Å². The van der Waals surface area contributed by atoms with Crippen molar-refractivity contribution in [2.24, 2.45) is 0 Å². The molecule has 0 fully saturated rings. The molecule has 1 unspecified atom stereocenters. The molecule has 0 radical (unpaired) electrons. The average Bonchev–Trinajstić information content (AvgIpc) is 3.07. The summed E-state index contributed by atoms with van der Waals surface area (Å²) >= 11 is 0. The molecule has 1 aromatic heterocycles. The van der Waals surface area contributed by atoms with Crippen LogP contribution in [0.4, 0.5) is 8.78 Å². The molecule has 0 bridgehead atoms. The maximum absolute atomic E-state index is 14.4. The smallest absolute Gasteiger partial charge is 0.137 e. The minimum absolute atomic E-state index is 0.000642. The first-order valence-corrected chi connectivity index (χ1v) is 7.71. The Morgan fingerprint density at radius 2 is 2.21 bits per heavy atom. The molecule has 0 spiro atoms. The first-order valence-electron chi connectivity index (χ1n) is 7.71. The van der Waals surface area contributed by atoms with E-state index in [1.165, 1.54) is 23.4 Å². The van der Waals surface area contributed by atoms with Crippen molar-refractivity contribution in [3.8, 4) is 11.8 Å². The molecule has 0 saturated carbocycles. The quantitative estimate of drug-likeness (QED) is 0.844. The van der Waals surface area contributed by atoms with Gasteiger partial charge in [-0.1, -0.05) is 12.0 Å². The molecule has 1 N–H and O–H groups in total. The van der Waals surface area contributed by atoms with E-state index in [0.29, 0.717) is 19.5 Å². The maximum atomic E-state index is 14.4. The molecule has 0 aliphatic carbocycles. The molecule has 2 atom stereocenters. The predicted octanol–water partition coefficient (Wildman–Crippen LogP) is 1.54. The summed E-state index contributed by atoms with van der Waals surface area (Å²) < 4.78 is 29.1. The van der Waals surface area contributed by atoms with Gasteiger partial charge in [-0.05, 0) is 13.0 Å². The van der Waals surface area contributed by atoms with Crippen LogP contribution in [0.1, 0.15) is 18.9 Å². The molecule has 0 amide bonds. The summed E-state index contributed by atoms with van der Waals surface area (Å²) in [6.45, 7) is 2.98. The van der Waals surface area contributed by atoms with Crippen LogP contribution in [0.2, 0.25) is 0 Å². The normalized spacial score (nSPS) is 18.5. The fourth-order valence-corrected chi connectivity index (χ4v) is 3.00. The average molecular weight is 332 g/mol. The summed E-state index contributed by atoms with van der Waals surface area (Å²) in [4.78, 5) is 5.84. The van der Waals surface area contributed by atoms with Crippen molar-refractivity contribution in [1.82, 2.24) is 19.7 Å². The zero-order chi connectivity index (χ0) is 17.2. The van der Waals surface area contributed by atoms with E-state index in [-0.39, 0.29) is 12.1 Å². The summed E-state index contributed by atoms with van der Waals surface area (Å²) in [5.41, 5.74) is -1.57. The van der Waals surface area contributed by atoms with E-state index in [2.05, 4.69) is 21.9 Å². The Kier molecular flexibility index (Phi) is 4.60. The summed E-state index contributed by atoms with van der Waals surface area (Å²) in [5.74, 6) is 4.53. The van der Waals surface area contributed by atoms with E-state index in [4.69, 9.17) is 0 Å². The van der Waals surface area contributed by atoms with Crippen molar-refractivity contribution < 1.29 is 13.9 Å². The third-order valence-corrected chi connectivity index (χ3v) is 4.44. The molecule has 24 heavy (non-hydrogen) atoms. The first kappa shape index (κ1) is 16.6. The van der Waals surface area contributed by atoms with Gasteiger partial charge in [-0.3, -0.25) is 4.90 Å². The van der Waals surface area contributed by atoms with E-state index in [0.717, 1.165) is 12.1 Å². The Bertz CT molecular complexity index is 769. The molecule has 5 nitrogen and oxygen atoms in total. The van der Waals surface area contributed by atoms with Gasteiger partial charge in [-0.2, -0.15) is 5.10 Å². The van der Waals surface area contributed by atoms with Crippen LogP contribution in [-0.4, -0.2) is 43.9 Å². The Balaban J connectivity index is 2.01. The van der Waals surface area contributed by atoms with Crippen LogP contribution in [0.5, 0.6) is 0 Å². The summed E-state index contributed by atoms with van der Waals surface area (Å²) in [7, 11) is 0. The third-order valence-electron chi connectivity index (χ3n) is 4.44. The van der Waals surface area contributed by atoms with Crippen LogP contribution < -0.4 is 0 Å². The van der Waals surface area contributed by atoms with Crippen molar-refractivity contribution in [1.29, 1.82) is 0 Å². The number of hydrogen-bond donors (Lipinski definition) is 1. The molecule has 126 valence electrons. The standard InChI is InChI=1S/C17H18F2N4O/c1-13(22-7-3-2-4-8-22)17(24,10-23-12-20-11-21-23)15-6-5-14(18)9-16(15)19/h5-6,9,11-13,24H,3,7-8,10H2,1H3/t13?,17-/m1/s1. The summed E-state index contributed by atoms with van der Waals surface area (Å²) in [5, 5.41) is 15.4. The Morgan fingerprint density at radius 1 is 1.38 bits per heavy atom. The van der Waals surface area contributed by atoms with E-state index in [9.17, 15) is 13.9 Å². The summed E-state index contributed by atoms with van der Waals surface area (Å²) in [6, 6.07) is 2.77. The van der Waals surface area contributed by atoms with Crippen molar-refractivity contribution in [2.45, 2.75) is 31.5 Å². The topological polar surface area (TPSA) is 54.2 Å². The molecular weight excluding hydrogens is 314 g/mol. The molecule has 1 aliphatic rings. The molecule has 1 aromatic carbocycles. The fraction of sp³-hybridized carbons (Fsp3) is 0.412. The second kappa shape index (κ2) is 6.67. The number of nitrogens with zero attached hydrogens (tertiary/aromatic N) is 4. The highest BCUT2D eigenvalue weighted by Crippen LogP contribution is 2.33. The minimum Gasteiger partial charge on any atom is -0.381 e. The van der Waals surface area contributed by atoms with Gasteiger partial charge in [-0.25, -0.2) is 18.4 Å². The van der Waals surface area contributed by atoms with Gasteiger partial charge < -0.3 is 5.11 Å². The van der Waals surface area contributed by atoms with E-state index in [1.807, 2.05) is 11.8 Å². The molecule has 7 heteroatoms. The molecule has 3 rings (SSSR count). The van der Waals surface area contributed by atoms with Gasteiger partial charge in [0.25, 0.3) is 0 Å². The summed E-state index contributed by atoms with van der Waals surface area (Å²) in [6.07, 6.45) is 3.49. The van der Waals surface area contributed by atoms with Crippen molar-refractivity contribution in [3.05, 3.63) is 48.1 Å². The largest absolute Gasteiger partial charge is 0.381 e. The van der Waals surface area contributed by atoms with Gasteiger partial charge in [0, 0.05) is 30.6 Å². The highest BCUT2D eigenvalue weighted by molar-refractivity contribution is 5.27. The third kappa shape index (κ3) is 3.16. The lowest BCUT2D eigenvalue weighted by atomic mass is 9.85. The minimum atomic E-state index is -1.61. The zero-order valence-corrected chi connectivity index (χ0v) is 13.3. The van der Waals surface area contributed by atoms with Crippen LogP contribution >= 0.6 is 0 Å². The lowest BCUT2D eigenvalue weighted by Gasteiger charge is -2.41. The van der Waals surface area contributed by atoms with Gasteiger partial charge >= 0.3 is 0 Å². The van der Waals surface area contributed by atoms with E-state index in [1.54, 1.807) is 0 Å². The first-order chi connectivity index (χ1) is 11.5. The Hall–Kier alpha value is -2.30. The van der Waals surface area contributed by atoms with Gasteiger partial charge in [0.1, 0.15) is 29.9 Å². The van der Waals surface area contributed by atoms with Crippen LogP contribution in [0.3, 0.4) is 0 Å². The second-order valence-corrected chi connectivity index (χ2v) is 5.89. The highest BCUT2D eigenvalue weighted by Gasteiger charge is 2.41. The van der Waals surface area contributed by atoms with Crippen molar-refractivity contribution in [3.63, 3.8) is 0 Å². The number of aromatic nitrogens is 3. The van der Waals surface area contributed by atoms with Gasteiger partial charge in [-0.15, -0.1) is 5.92 Å². The molecule has 0 saturated heterocycles. The maximum Gasteiger partial charge on any atom is 0.137 e. The number of aliphatic hydroxyl groups is 1. The fourth-order valence-electron chi connectivity index (χ4n) is 3.00. The van der Waals surface area contributed by atoms with Crippen molar-refractivity contribution in [2.75, 3.05) is 13.1 Å². The number of hydrogen-bond acceptors (Lipinski definition) is 4. The lowest BCUT2D eigenvalue weighted by Crippen LogP contribution is -2.52. The molecular formula is C17H18F2N4O. The Morgan fingerprint density at radius 3 is 2.83 bits per heavy atom. The zero-order valence-electron chi connectivity index (χ0n) is 13.3. The molecule has 2 aromatic rings. The molecule has 2 heterocycles. The van der Waals surface area contributed by atoms with E-state index < -0.39 is 23.3 Å². The van der Waals surface area contributed by atoms with Crippen LogP contribution in [0.15, 0.2) is 30.9 Å². The Labute approximate surface area is 138 Å². The monoisotopic (exact) mass is 332 g/mol. The number of benzene rings is 1. The van der Waals surface area contributed by atoms with Crippen LogP contribution in [-0.2, 0) is 12.1 Å². The van der Waals surface area contributed by atoms with Crippen LogP contribution in [0.25, 0.3) is 0 Å². The van der Waals surface area contributed by atoms with Crippen LogP contribution in [0, 0.1) is 23.5 Å². The number of halogens is 2. The highest BCUT2D eigenvalue weighted by atomic mass is 19.1. The molecule has 1 aliphatic heterocycles. The second-order valence-electron chi connectivity index (χ2n) is 5.89. The van der Waals surface area contributed by atoms with Crippen molar-refractivity contribution >= 4 is 0 Å². The number of rotatable bonds is 5. The lowest BCUT2D eigenvalue weighted by molar-refractivity contribution is -0.0605. The van der Waals surface area contributed by atoms with Gasteiger partial charge in [0.15, 0.2) is 0 Å². The predicted molar refractivity (Wildman–Crippen MR) is 83.7 cm³/mol.